The molecule has 1 atom stereocenters. The van der Waals surface area contributed by atoms with Crippen molar-refractivity contribution < 1.29 is 13.9 Å². The SMILES string of the molecule is Cc1ccccc1CC(CO)Cc1ccc(F)cc1F. The van der Waals surface area contributed by atoms with Gasteiger partial charge < -0.3 is 5.11 Å². The second-order valence-electron chi connectivity index (χ2n) is 5.12. The minimum absolute atomic E-state index is 0.0227. The summed E-state index contributed by atoms with van der Waals surface area (Å²) in [7, 11) is 0. The maximum atomic E-state index is 13.6. The van der Waals surface area contributed by atoms with Crippen molar-refractivity contribution in [2.75, 3.05) is 6.61 Å². The molecule has 0 spiro atoms. The lowest BCUT2D eigenvalue weighted by molar-refractivity contribution is 0.224. The molecule has 2 aromatic carbocycles. The molecule has 0 bridgehead atoms. The fourth-order valence-electron chi connectivity index (χ4n) is 2.35. The van der Waals surface area contributed by atoms with E-state index in [1.165, 1.54) is 12.1 Å². The molecule has 1 nitrogen and oxygen atoms in total. The summed E-state index contributed by atoms with van der Waals surface area (Å²) in [5, 5.41) is 9.49. The zero-order chi connectivity index (χ0) is 14.5. The molecule has 0 saturated heterocycles. The third kappa shape index (κ3) is 3.64. The van der Waals surface area contributed by atoms with Crippen molar-refractivity contribution in [3.63, 3.8) is 0 Å². The molecule has 0 radical (unpaired) electrons. The van der Waals surface area contributed by atoms with Crippen LogP contribution in [0.3, 0.4) is 0 Å². The number of halogens is 2. The van der Waals surface area contributed by atoms with Crippen molar-refractivity contribution >= 4 is 0 Å². The molecule has 1 unspecified atom stereocenters. The maximum absolute atomic E-state index is 13.6. The normalized spacial score (nSPS) is 12.4. The second kappa shape index (κ2) is 6.62. The first kappa shape index (κ1) is 14.7. The molecule has 0 aliphatic heterocycles. The Morgan fingerprint density at radius 1 is 1.00 bits per heavy atom. The van der Waals surface area contributed by atoms with Crippen LogP contribution in [-0.4, -0.2) is 11.7 Å². The Hall–Kier alpha value is -1.74. The van der Waals surface area contributed by atoms with E-state index in [4.69, 9.17) is 0 Å². The van der Waals surface area contributed by atoms with Crippen LogP contribution in [0, 0.1) is 24.5 Å². The molecule has 0 saturated carbocycles. The largest absolute Gasteiger partial charge is 0.396 e. The maximum Gasteiger partial charge on any atom is 0.129 e. The van der Waals surface area contributed by atoms with E-state index < -0.39 is 11.6 Å². The quantitative estimate of drug-likeness (QED) is 0.883. The molecular formula is C17H18F2O. The molecule has 3 heteroatoms. The lowest BCUT2D eigenvalue weighted by Gasteiger charge is -2.16. The molecule has 1 N–H and O–H groups in total. The number of benzene rings is 2. The zero-order valence-electron chi connectivity index (χ0n) is 11.4. The number of rotatable bonds is 5. The van der Waals surface area contributed by atoms with Crippen LogP contribution < -0.4 is 0 Å². The summed E-state index contributed by atoms with van der Waals surface area (Å²) < 4.78 is 26.5. The van der Waals surface area contributed by atoms with Gasteiger partial charge in [-0.05, 0) is 48.4 Å². The molecule has 106 valence electrons. The number of aliphatic hydroxyl groups is 1. The smallest absolute Gasteiger partial charge is 0.129 e. The van der Waals surface area contributed by atoms with Gasteiger partial charge in [0.25, 0.3) is 0 Å². The standard InChI is InChI=1S/C17H18F2O/c1-12-4-2-3-5-14(12)8-13(11-20)9-15-6-7-16(18)10-17(15)19/h2-7,10,13,20H,8-9,11H2,1H3. The topological polar surface area (TPSA) is 20.2 Å². The van der Waals surface area contributed by atoms with Gasteiger partial charge >= 0.3 is 0 Å². The van der Waals surface area contributed by atoms with Crippen molar-refractivity contribution in [3.05, 3.63) is 70.8 Å². The Labute approximate surface area is 117 Å². The third-order valence-corrected chi connectivity index (χ3v) is 3.55. The predicted octanol–water partition coefficient (Wildman–Crippen LogP) is 3.67. The third-order valence-electron chi connectivity index (χ3n) is 3.55. The van der Waals surface area contributed by atoms with Gasteiger partial charge in [0.15, 0.2) is 0 Å². The van der Waals surface area contributed by atoms with Gasteiger partial charge in [-0.1, -0.05) is 30.3 Å². The highest BCUT2D eigenvalue weighted by molar-refractivity contribution is 5.26. The lowest BCUT2D eigenvalue weighted by Crippen LogP contribution is -2.14. The number of hydrogen-bond donors (Lipinski definition) is 1. The van der Waals surface area contributed by atoms with E-state index in [2.05, 4.69) is 0 Å². The fourth-order valence-corrected chi connectivity index (χ4v) is 2.35. The minimum Gasteiger partial charge on any atom is -0.396 e. The van der Waals surface area contributed by atoms with Crippen LogP contribution in [0.5, 0.6) is 0 Å². The van der Waals surface area contributed by atoms with Crippen molar-refractivity contribution in [1.29, 1.82) is 0 Å². The molecule has 0 aliphatic rings. The van der Waals surface area contributed by atoms with Crippen LogP contribution in [0.2, 0.25) is 0 Å². The lowest BCUT2D eigenvalue weighted by atomic mass is 9.91. The summed E-state index contributed by atoms with van der Waals surface area (Å²) in [6.07, 6.45) is 1.08. The summed E-state index contributed by atoms with van der Waals surface area (Å²) in [5.74, 6) is -1.20. The van der Waals surface area contributed by atoms with Gasteiger partial charge in [-0.15, -0.1) is 0 Å². The summed E-state index contributed by atoms with van der Waals surface area (Å²) in [4.78, 5) is 0. The highest BCUT2D eigenvalue weighted by Gasteiger charge is 2.14. The van der Waals surface area contributed by atoms with Gasteiger partial charge in [0.2, 0.25) is 0 Å². The van der Waals surface area contributed by atoms with Crippen LogP contribution in [0.1, 0.15) is 16.7 Å². The van der Waals surface area contributed by atoms with E-state index in [1.54, 1.807) is 0 Å². The van der Waals surface area contributed by atoms with Crippen molar-refractivity contribution in [1.82, 2.24) is 0 Å². The molecule has 2 rings (SSSR count). The average Bonchev–Trinajstić information content (AvgIpc) is 2.43. The predicted molar refractivity (Wildman–Crippen MR) is 75.5 cm³/mol. The van der Waals surface area contributed by atoms with Crippen LogP contribution in [0.15, 0.2) is 42.5 Å². The van der Waals surface area contributed by atoms with E-state index in [1.807, 2.05) is 31.2 Å². The Morgan fingerprint density at radius 3 is 2.35 bits per heavy atom. The molecule has 20 heavy (non-hydrogen) atoms. The first-order valence-corrected chi connectivity index (χ1v) is 6.69. The average molecular weight is 276 g/mol. The molecular weight excluding hydrogens is 258 g/mol. The van der Waals surface area contributed by atoms with E-state index in [0.717, 1.165) is 17.2 Å². The molecule has 0 aliphatic carbocycles. The molecule has 0 aromatic heterocycles. The van der Waals surface area contributed by atoms with Crippen LogP contribution >= 0.6 is 0 Å². The summed E-state index contributed by atoms with van der Waals surface area (Å²) in [6, 6.07) is 11.5. The van der Waals surface area contributed by atoms with Gasteiger partial charge in [0, 0.05) is 12.7 Å². The van der Waals surface area contributed by atoms with E-state index in [9.17, 15) is 13.9 Å². The Morgan fingerprint density at radius 2 is 1.70 bits per heavy atom. The number of aliphatic hydroxyl groups excluding tert-OH is 1. The number of hydrogen-bond acceptors (Lipinski definition) is 1. The van der Waals surface area contributed by atoms with E-state index in [0.29, 0.717) is 18.4 Å². The van der Waals surface area contributed by atoms with Gasteiger partial charge in [-0.2, -0.15) is 0 Å². The van der Waals surface area contributed by atoms with Gasteiger partial charge in [0.05, 0.1) is 0 Å². The minimum atomic E-state index is -0.578. The van der Waals surface area contributed by atoms with Crippen molar-refractivity contribution in [2.45, 2.75) is 19.8 Å². The van der Waals surface area contributed by atoms with E-state index >= 15 is 0 Å². The Bertz CT molecular complexity index is 581. The Kier molecular flexibility index (Phi) is 4.85. The van der Waals surface area contributed by atoms with Crippen molar-refractivity contribution in [2.24, 2.45) is 5.92 Å². The monoisotopic (exact) mass is 276 g/mol. The summed E-state index contributed by atoms with van der Waals surface area (Å²) in [5.41, 5.74) is 2.75. The molecule has 2 aromatic rings. The molecule has 0 heterocycles. The van der Waals surface area contributed by atoms with Gasteiger partial charge in [0.1, 0.15) is 11.6 Å². The van der Waals surface area contributed by atoms with Gasteiger partial charge in [-0.25, -0.2) is 8.78 Å². The summed E-state index contributed by atoms with van der Waals surface area (Å²) in [6.45, 7) is 1.99. The first-order chi connectivity index (χ1) is 9.60. The second-order valence-corrected chi connectivity index (χ2v) is 5.12. The zero-order valence-corrected chi connectivity index (χ0v) is 11.4. The van der Waals surface area contributed by atoms with Crippen molar-refractivity contribution in [3.8, 4) is 0 Å². The van der Waals surface area contributed by atoms with E-state index in [-0.39, 0.29) is 12.5 Å². The Balaban J connectivity index is 2.11. The highest BCUT2D eigenvalue weighted by atomic mass is 19.1. The van der Waals surface area contributed by atoms with Crippen LogP contribution in [0.4, 0.5) is 8.78 Å². The molecule has 0 fully saturated rings. The summed E-state index contributed by atoms with van der Waals surface area (Å²) >= 11 is 0. The van der Waals surface area contributed by atoms with Gasteiger partial charge in [-0.3, -0.25) is 0 Å². The molecule has 0 amide bonds. The van der Waals surface area contributed by atoms with Crippen LogP contribution in [0.25, 0.3) is 0 Å². The highest BCUT2D eigenvalue weighted by Crippen LogP contribution is 2.19. The fraction of sp³-hybridized carbons (Fsp3) is 0.294. The van der Waals surface area contributed by atoms with Crippen LogP contribution in [-0.2, 0) is 12.8 Å². The first-order valence-electron chi connectivity index (χ1n) is 6.69. The number of aryl methyl sites for hydroxylation is 1.